The molecule has 1 amide bonds. The maximum absolute atomic E-state index is 12.6. The van der Waals surface area contributed by atoms with Crippen LogP contribution < -0.4 is 5.73 Å². The van der Waals surface area contributed by atoms with Gasteiger partial charge in [-0.25, -0.2) is 0 Å². The third-order valence-corrected chi connectivity index (χ3v) is 3.62. The van der Waals surface area contributed by atoms with Gasteiger partial charge in [-0.15, -0.1) is 0 Å². The topological polar surface area (TPSA) is 46.3 Å². The van der Waals surface area contributed by atoms with Crippen molar-refractivity contribution in [3.8, 4) is 0 Å². The normalized spacial score (nSPS) is 10.7. The Kier molecular flexibility index (Phi) is 6.82. The van der Waals surface area contributed by atoms with Gasteiger partial charge >= 0.3 is 0 Å². The lowest BCUT2D eigenvalue weighted by Gasteiger charge is -2.25. The maximum Gasteiger partial charge on any atom is 0.227 e. The molecule has 116 valence electrons. The highest BCUT2D eigenvalue weighted by atomic mass is 32.1. The molecule has 3 nitrogen and oxygen atoms in total. The summed E-state index contributed by atoms with van der Waals surface area (Å²) >= 11 is 4.92. The first-order valence-corrected chi connectivity index (χ1v) is 7.82. The van der Waals surface area contributed by atoms with Gasteiger partial charge in [0.1, 0.15) is 0 Å². The highest BCUT2D eigenvalue weighted by Crippen LogP contribution is 2.13. The molecule has 0 radical (unpaired) electrons. The smallest absolute Gasteiger partial charge is 0.227 e. The van der Waals surface area contributed by atoms with E-state index in [9.17, 15) is 4.79 Å². The molecular formula is C17H26N2OS. The fraction of sp³-hybridized carbons (Fsp3) is 0.529. The molecule has 0 aromatic heterocycles. The van der Waals surface area contributed by atoms with E-state index in [2.05, 4.69) is 32.0 Å². The molecule has 0 aliphatic rings. The van der Waals surface area contributed by atoms with Crippen LogP contribution in [0, 0.1) is 19.8 Å². The largest absolute Gasteiger partial charge is 0.393 e. The first-order chi connectivity index (χ1) is 9.79. The first kappa shape index (κ1) is 17.6. The molecule has 0 unspecified atom stereocenters. The lowest BCUT2D eigenvalue weighted by molar-refractivity contribution is -0.130. The van der Waals surface area contributed by atoms with E-state index in [1.165, 1.54) is 5.56 Å². The van der Waals surface area contributed by atoms with E-state index in [1.807, 2.05) is 18.7 Å². The van der Waals surface area contributed by atoms with E-state index in [1.54, 1.807) is 0 Å². The van der Waals surface area contributed by atoms with Crippen molar-refractivity contribution in [2.45, 2.75) is 40.5 Å². The Morgan fingerprint density at radius 2 is 2.00 bits per heavy atom. The van der Waals surface area contributed by atoms with Crippen LogP contribution in [0.3, 0.4) is 0 Å². The van der Waals surface area contributed by atoms with Crippen molar-refractivity contribution in [3.05, 3.63) is 34.9 Å². The van der Waals surface area contributed by atoms with Gasteiger partial charge in [0.25, 0.3) is 0 Å². The summed E-state index contributed by atoms with van der Waals surface area (Å²) in [5.41, 5.74) is 9.01. The van der Waals surface area contributed by atoms with Gasteiger partial charge in [-0.2, -0.15) is 0 Å². The Morgan fingerprint density at radius 3 is 2.57 bits per heavy atom. The molecule has 0 aliphatic carbocycles. The molecule has 0 saturated heterocycles. The molecule has 4 heteroatoms. The van der Waals surface area contributed by atoms with Crippen molar-refractivity contribution in [1.82, 2.24) is 4.90 Å². The van der Waals surface area contributed by atoms with E-state index in [-0.39, 0.29) is 5.91 Å². The Labute approximate surface area is 133 Å². The first-order valence-electron chi connectivity index (χ1n) is 7.41. The van der Waals surface area contributed by atoms with Crippen LogP contribution in [-0.4, -0.2) is 28.9 Å². The summed E-state index contributed by atoms with van der Waals surface area (Å²) in [6.45, 7) is 9.66. The van der Waals surface area contributed by atoms with Crippen LogP contribution in [0.5, 0.6) is 0 Å². The molecule has 0 spiro atoms. The van der Waals surface area contributed by atoms with Crippen LogP contribution in [0.1, 0.15) is 37.0 Å². The standard InChI is InChI=1S/C17H26N2OS/c1-12(2)11-19(8-7-16(18)21)17(20)10-15-9-13(3)5-6-14(15)4/h5-6,9,12H,7-8,10-11H2,1-4H3,(H2,18,21). The Balaban J connectivity index is 2.79. The molecular weight excluding hydrogens is 280 g/mol. The van der Waals surface area contributed by atoms with Gasteiger partial charge in [-0.1, -0.05) is 49.8 Å². The fourth-order valence-electron chi connectivity index (χ4n) is 2.27. The van der Waals surface area contributed by atoms with Crippen molar-refractivity contribution < 1.29 is 4.79 Å². The van der Waals surface area contributed by atoms with Crippen molar-refractivity contribution in [2.24, 2.45) is 11.7 Å². The van der Waals surface area contributed by atoms with Gasteiger partial charge in [0, 0.05) is 19.5 Å². The lowest BCUT2D eigenvalue weighted by atomic mass is 10.0. The van der Waals surface area contributed by atoms with Gasteiger partial charge in [-0.3, -0.25) is 4.79 Å². The molecule has 0 fully saturated rings. The van der Waals surface area contributed by atoms with E-state index >= 15 is 0 Å². The monoisotopic (exact) mass is 306 g/mol. The maximum atomic E-state index is 12.6. The van der Waals surface area contributed by atoms with Crippen molar-refractivity contribution in [2.75, 3.05) is 13.1 Å². The predicted molar refractivity (Wildman–Crippen MR) is 92.4 cm³/mol. The number of rotatable bonds is 7. The van der Waals surface area contributed by atoms with Crippen molar-refractivity contribution in [1.29, 1.82) is 0 Å². The SMILES string of the molecule is Cc1ccc(C)c(CC(=O)N(CCC(N)=S)CC(C)C)c1. The number of aryl methyl sites for hydroxylation is 2. The molecule has 0 atom stereocenters. The zero-order valence-corrected chi connectivity index (χ0v) is 14.3. The molecule has 0 heterocycles. The second kappa shape index (κ2) is 8.13. The molecule has 0 aliphatic heterocycles. The number of hydrogen-bond donors (Lipinski definition) is 1. The van der Waals surface area contributed by atoms with Crippen LogP contribution in [0.4, 0.5) is 0 Å². The highest BCUT2D eigenvalue weighted by molar-refractivity contribution is 7.80. The second-order valence-electron chi connectivity index (χ2n) is 6.06. The Hall–Kier alpha value is -1.42. The van der Waals surface area contributed by atoms with Crippen molar-refractivity contribution >= 4 is 23.1 Å². The minimum atomic E-state index is 0.147. The van der Waals surface area contributed by atoms with E-state index in [4.69, 9.17) is 18.0 Å². The zero-order chi connectivity index (χ0) is 16.0. The summed E-state index contributed by atoms with van der Waals surface area (Å²) in [6, 6.07) is 6.23. The zero-order valence-electron chi connectivity index (χ0n) is 13.5. The second-order valence-corrected chi connectivity index (χ2v) is 6.58. The third kappa shape index (κ3) is 6.25. The summed E-state index contributed by atoms with van der Waals surface area (Å²) in [5, 5.41) is 0. The van der Waals surface area contributed by atoms with E-state index in [0.29, 0.717) is 30.3 Å². The summed E-state index contributed by atoms with van der Waals surface area (Å²) in [6.07, 6.45) is 1.03. The van der Waals surface area contributed by atoms with Gasteiger partial charge in [0.15, 0.2) is 0 Å². The van der Waals surface area contributed by atoms with Crippen LogP contribution in [0.25, 0.3) is 0 Å². The van der Waals surface area contributed by atoms with Gasteiger partial charge in [0.2, 0.25) is 5.91 Å². The summed E-state index contributed by atoms with van der Waals surface area (Å²) in [7, 11) is 0. The molecule has 1 aromatic carbocycles. The number of benzene rings is 1. The minimum Gasteiger partial charge on any atom is -0.393 e. The van der Waals surface area contributed by atoms with Crippen molar-refractivity contribution in [3.63, 3.8) is 0 Å². The minimum absolute atomic E-state index is 0.147. The van der Waals surface area contributed by atoms with E-state index < -0.39 is 0 Å². The summed E-state index contributed by atoms with van der Waals surface area (Å²) in [5.74, 6) is 0.576. The number of hydrogen-bond acceptors (Lipinski definition) is 2. The van der Waals surface area contributed by atoms with Gasteiger partial charge in [-0.05, 0) is 30.9 Å². The van der Waals surface area contributed by atoms with Crippen LogP contribution >= 0.6 is 12.2 Å². The number of nitrogens with zero attached hydrogens (tertiary/aromatic N) is 1. The van der Waals surface area contributed by atoms with Gasteiger partial charge < -0.3 is 10.6 Å². The highest BCUT2D eigenvalue weighted by Gasteiger charge is 2.16. The third-order valence-electron chi connectivity index (χ3n) is 3.41. The average molecular weight is 306 g/mol. The number of carbonyl (C=O) groups is 1. The number of thiocarbonyl (C=S) groups is 1. The van der Waals surface area contributed by atoms with Crippen LogP contribution in [-0.2, 0) is 11.2 Å². The summed E-state index contributed by atoms with van der Waals surface area (Å²) < 4.78 is 0. The fourth-order valence-corrected chi connectivity index (χ4v) is 2.36. The Morgan fingerprint density at radius 1 is 1.33 bits per heavy atom. The summed E-state index contributed by atoms with van der Waals surface area (Å²) in [4.78, 5) is 14.9. The molecule has 1 aromatic rings. The molecule has 0 bridgehead atoms. The molecule has 2 N–H and O–H groups in total. The number of carbonyl (C=O) groups excluding carboxylic acids is 1. The van der Waals surface area contributed by atoms with Crippen LogP contribution in [0.2, 0.25) is 0 Å². The van der Waals surface area contributed by atoms with Crippen LogP contribution in [0.15, 0.2) is 18.2 Å². The Bertz CT molecular complexity index is 512. The molecule has 21 heavy (non-hydrogen) atoms. The molecule has 1 rings (SSSR count). The van der Waals surface area contributed by atoms with E-state index in [0.717, 1.165) is 17.7 Å². The predicted octanol–water partition coefficient (Wildman–Crippen LogP) is 3.01. The lowest BCUT2D eigenvalue weighted by Crippen LogP contribution is -2.37. The number of amides is 1. The average Bonchev–Trinajstić information content (AvgIpc) is 2.38. The quantitative estimate of drug-likeness (QED) is 0.788. The number of nitrogens with two attached hydrogens (primary N) is 1. The van der Waals surface area contributed by atoms with Gasteiger partial charge in [0.05, 0.1) is 11.4 Å². The molecule has 0 saturated carbocycles.